The third-order valence-electron chi connectivity index (χ3n) is 4.87. The summed E-state index contributed by atoms with van der Waals surface area (Å²) in [6, 6.07) is 16.5. The standard InChI is InChI=1S/C24H17NO7/c26-23(15-7-8-20-21(12-15)30-11-10-29-20)17-4-1-2-5-18(17)24(27)31-14-16-13-22(32-25-16)19-6-3-9-28-19/h1-9,12-13H,10-11,14H2. The molecule has 0 saturated carbocycles. The van der Waals surface area contributed by atoms with Crippen LogP contribution in [-0.2, 0) is 11.3 Å². The molecule has 4 aromatic rings. The van der Waals surface area contributed by atoms with Gasteiger partial charge in [0.1, 0.15) is 25.5 Å². The van der Waals surface area contributed by atoms with Crippen LogP contribution >= 0.6 is 0 Å². The van der Waals surface area contributed by atoms with E-state index in [-0.39, 0.29) is 23.5 Å². The molecule has 0 N–H and O–H groups in total. The van der Waals surface area contributed by atoms with E-state index in [0.717, 1.165) is 0 Å². The Labute approximate surface area is 182 Å². The number of hydrogen-bond acceptors (Lipinski definition) is 8. The van der Waals surface area contributed by atoms with E-state index in [9.17, 15) is 9.59 Å². The first-order valence-corrected chi connectivity index (χ1v) is 9.89. The number of aromatic nitrogens is 1. The van der Waals surface area contributed by atoms with Crippen LogP contribution in [0.5, 0.6) is 11.5 Å². The quantitative estimate of drug-likeness (QED) is 0.329. The van der Waals surface area contributed by atoms with E-state index in [1.165, 1.54) is 6.26 Å². The highest BCUT2D eigenvalue weighted by Gasteiger charge is 2.22. The zero-order chi connectivity index (χ0) is 21.9. The number of esters is 1. The van der Waals surface area contributed by atoms with Crippen LogP contribution in [0.15, 0.2) is 75.9 Å². The second-order valence-corrected chi connectivity index (χ2v) is 6.97. The van der Waals surface area contributed by atoms with Gasteiger partial charge in [-0.3, -0.25) is 4.79 Å². The molecule has 1 aliphatic rings. The van der Waals surface area contributed by atoms with Crippen molar-refractivity contribution in [1.82, 2.24) is 5.16 Å². The lowest BCUT2D eigenvalue weighted by molar-refractivity contribution is 0.0461. The summed E-state index contributed by atoms with van der Waals surface area (Å²) < 4.78 is 26.9. The first-order chi connectivity index (χ1) is 15.7. The summed E-state index contributed by atoms with van der Waals surface area (Å²) in [5, 5.41) is 3.88. The Morgan fingerprint density at radius 1 is 0.875 bits per heavy atom. The van der Waals surface area contributed by atoms with Crippen molar-refractivity contribution in [3.05, 3.63) is 89.3 Å². The van der Waals surface area contributed by atoms with Gasteiger partial charge in [-0.2, -0.15) is 0 Å². The topological polar surface area (TPSA) is 101 Å². The van der Waals surface area contributed by atoms with E-state index < -0.39 is 5.97 Å². The lowest BCUT2D eigenvalue weighted by Gasteiger charge is -2.18. The molecule has 3 heterocycles. The molecule has 8 heteroatoms. The second kappa shape index (κ2) is 8.43. The molecule has 8 nitrogen and oxygen atoms in total. The van der Waals surface area contributed by atoms with Crippen molar-refractivity contribution in [1.29, 1.82) is 0 Å². The third-order valence-corrected chi connectivity index (χ3v) is 4.87. The van der Waals surface area contributed by atoms with Crippen LogP contribution in [0.4, 0.5) is 0 Å². The van der Waals surface area contributed by atoms with Gasteiger partial charge in [0.05, 0.1) is 11.8 Å². The largest absolute Gasteiger partial charge is 0.486 e. The van der Waals surface area contributed by atoms with Gasteiger partial charge in [-0.1, -0.05) is 23.4 Å². The van der Waals surface area contributed by atoms with E-state index >= 15 is 0 Å². The van der Waals surface area contributed by atoms with Crippen molar-refractivity contribution in [2.24, 2.45) is 0 Å². The van der Waals surface area contributed by atoms with Gasteiger partial charge in [-0.05, 0) is 36.4 Å². The smallest absolute Gasteiger partial charge is 0.339 e. The minimum Gasteiger partial charge on any atom is -0.486 e. The van der Waals surface area contributed by atoms with Gasteiger partial charge >= 0.3 is 5.97 Å². The van der Waals surface area contributed by atoms with Crippen LogP contribution in [0.3, 0.4) is 0 Å². The molecule has 0 fully saturated rings. The lowest BCUT2D eigenvalue weighted by Crippen LogP contribution is -2.16. The van der Waals surface area contributed by atoms with Gasteiger partial charge in [-0.25, -0.2) is 4.79 Å². The van der Waals surface area contributed by atoms with Crippen LogP contribution in [-0.4, -0.2) is 30.1 Å². The van der Waals surface area contributed by atoms with E-state index in [1.54, 1.807) is 60.7 Å². The highest BCUT2D eigenvalue weighted by molar-refractivity contribution is 6.14. The van der Waals surface area contributed by atoms with Gasteiger partial charge in [0.15, 0.2) is 23.0 Å². The second-order valence-electron chi connectivity index (χ2n) is 6.97. The summed E-state index contributed by atoms with van der Waals surface area (Å²) >= 11 is 0. The number of fused-ring (bicyclic) bond motifs is 1. The molecule has 0 unspecified atom stereocenters. The fourth-order valence-electron chi connectivity index (χ4n) is 3.33. The molecule has 0 aliphatic carbocycles. The molecule has 160 valence electrons. The molecule has 0 bridgehead atoms. The summed E-state index contributed by atoms with van der Waals surface area (Å²) in [7, 11) is 0. The fourth-order valence-corrected chi connectivity index (χ4v) is 3.33. The van der Waals surface area contributed by atoms with Gasteiger partial charge in [0.2, 0.25) is 5.76 Å². The van der Waals surface area contributed by atoms with Crippen molar-refractivity contribution in [2.75, 3.05) is 13.2 Å². The number of ether oxygens (including phenoxy) is 3. The summed E-state index contributed by atoms with van der Waals surface area (Å²) in [5.74, 6) is 1.06. The zero-order valence-corrected chi connectivity index (χ0v) is 16.8. The number of nitrogens with zero attached hydrogens (tertiary/aromatic N) is 1. The first kappa shape index (κ1) is 19.6. The third kappa shape index (κ3) is 3.85. The predicted molar refractivity (Wildman–Crippen MR) is 111 cm³/mol. The summed E-state index contributed by atoms with van der Waals surface area (Å²) in [5.41, 5.74) is 1.18. The summed E-state index contributed by atoms with van der Waals surface area (Å²) in [6.45, 7) is 0.760. The lowest BCUT2D eigenvalue weighted by atomic mass is 9.98. The molecule has 32 heavy (non-hydrogen) atoms. The number of furan rings is 1. The Bertz CT molecular complexity index is 1270. The van der Waals surface area contributed by atoms with Crippen LogP contribution in [0.25, 0.3) is 11.5 Å². The van der Waals surface area contributed by atoms with Crippen LogP contribution in [0.2, 0.25) is 0 Å². The van der Waals surface area contributed by atoms with Crippen LogP contribution < -0.4 is 9.47 Å². The van der Waals surface area contributed by atoms with Crippen molar-refractivity contribution >= 4 is 11.8 Å². The Morgan fingerprint density at radius 2 is 1.69 bits per heavy atom. The van der Waals surface area contributed by atoms with Gasteiger partial charge in [-0.15, -0.1) is 0 Å². The Balaban J connectivity index is 1.33. The molecule has 0 radical (unpaired) electrons. The molecule has 0 saturated heterocycles. The molecule has 1 aliphatic heterocycles. The molecule has 0 amide bonds. The monoisotopic (exact) mass is 431 g/mol. The summed E-state index contributed by atoms with van der Waals surface area (Å²) in [4.78, 5) is 25.9. The van der Waals surface area contributed by atoms with Gasteiger partial charge in [0.25, 0.3) is 0 Å². The molecule has 5 rings (SSSR count). The van der Waals surface area contributed by atoms with Crippen LogP contribution in [0.1, 0.15) is 32.0 Å². The van der Waals surface area contributed by atoms with E-state index in [2.05, 4.69) is 5.16 Å². The van der Waals surface area contributed by atoms with Crippen molar-refractivity contribution < 1.29 is 32.7 Å². The molecular formula is C24H17NO7. The highest BCUT2D eigenvalue weighted by Crippen LogP contribution is 2.32. The van der Waals surface area contributed by atoms with E-state index in [4.69, 9.17) is 23.2 Å². The van der Waals surface area contributed by atoms with E-state index in [1.807, 2.05) is 0 Å². The van der Waals surface area contributed by atoms with Gasteiger partial charge < -0.3 is 23.2 Å². The number of ketones is 1. The van der Waals surface area contributed by atoms with Crippen molar-refractivity contribution in [2.45, 2.75) is 6.61 Å². The Kier molecular flexibility index (Phi) is 5.17. The maximum absolute atomic E-state index is 13.1. The molecular weight excluding hydrogens is 414 g/mol. The number of benzene rings is 2. The normalized spacial score (nSPS) is 12.4. The van der Waals surface area contributed by atoms with Crippen LogP contribution in [0, 0.1) is 0 Å². The number of carbonyl (C=O) groups is 2. The Hall–Kier alpha value is -4.33. The average molecular weight is 431 g/mol. The molecule has 2 aromatic carbocycles. The summed E-state index contributed by atoms with van der Waals surface area (Å²) in [6.07, 6.45) is 1.52. The number of rotatable bonds is 6. The highest BCUT2D eigenvalue weighted by atomic mass is 16.6. The van der Waals surface area contributed by atoms with Gasteiger partial charge in [0, 0.05) is 17.2 Å². The predicted octanol–water partition coefficient (Wildman–Crippen LogP) is 4.29. The minimum absolute atomic E-state index is 0.115. The minimum atomic E-state index is -0.644. The number of hydrogen-bond donors (Lipinski definition) is 0. The SMILES string of the molecule is O=C(OCc1cc(-c2ccco2)on1)c1ccccc1C(=O)c1ccc2c(c1)OCCO2. The average Bonchev–Trinajstić information content (AvgIpc) is 3.54. The zero-order valence-electron chi connectivity index (χ0n) is 16.8. The fraction of sp³-hybridized carbons (Fsp3) is 0.125. The van der Waals surface area contributed by atoms with Crippen molar-refractivity contribution in [3.8, 4) is 23.0 Å². The Morgan fingerprint density at radius 3 is 2.50 bits per heavy atom. The molecule has 2 aromatic heterocycles. The molecule has 0 atom stereocenters. The van der Waals surface area contributed by atoms with Crippen molar-refractivity contribution in [3.63, 3.8) is 0 Å². The maximum Gasteiger partial charge on any atom is 0.339 e. The number of carbonyl (C=O) groups excluding carboxylic acids is 2. The molecule has 0 spiro atoms. The maximum atomic E-state index is 13.1. The van der Waals surface area contributed by atoms with E-state index in [0.29, 0.717) is 47.5 Å². The first-order valence-electron chi connectivity index (χ1n) is 9.89.